The Hall–Kier alpha value is -2.24. The molecule has 1 fully saturated rings. The lowest BCUT2D eigenvalue weighted by molar-refractivity contribution is -0.141. The van der Waals surface area contributed by atoms with Crippen LogP contribution in [-0.4, -0.2) is 35.2 Å². The maximum absolute atomic E-state index is 13.2. The first-order chi connectivity index (χ1) is 10.6. The molecule has 0 aromatic heterocycles. The maximum atomic E-state index is 13.2. The Morgan fingerprint density at radius 1 is 0.955 bits per heavy atom. The summed E-state index contributed by atoms with van der Waals surface area (Å²) < 4.78 is 5.97. The van der Waals surface area contributed by atoms with Gasteiger partial charge in [0.2, 0.25) is 5.60 Å². The molecule has 3 rings (SSSR count). The highest BCUT2D eigenvalue weighted by atomic mass is 32.1. The molecule has 0 N–H and O–H groups in total. The van der Waals surface area contributed by atoms with Gasteiger partial charge in [-0.1, -0.05) is 60.7 Å². The molecule has 0 spiro atoms. The van der Waals surface area contributed by atoms with Gasteiger partial charge in [0.25, 0.3) is 11.1 Å². The van der Waals surface area contributed by atoms with Crippen molar-refractivity contribution in [1.82, 2.24) is 10.0 Å². The topological polar surface area (TPSA) is 32.8 Å². The van der Waals surface area contributed by atoms with E-state index in [1.54, 1.807) is 19.1 Å². The average Bonchev–Trinajstić information content (AvgIpc) is 2.81. The van der Waals surface area contributed by atoms with Gasteiger partial charge in [-0.05, 0) is 12.2 Å². The van der Waals surface area contributed by atoms with Gasteiger partial charge >= 0.3 is 0 Å². The number of hydrazine groups is 1. The van der Waals surface area contributed by atoms with Crippen molar-refractivity contribution in [3.8, 4) is 0 Å². The van der Waals surface area contributed by atoms with Gasteiger partial charge in [0.1, 0.15) is 0 Å². The number of benzene rings is 2. The fraction of sp³-hybridized carbons (Fsp3) is 0.176. The summed E-state index contributed by atoms with van der Waals surface area (Å²) in [5, 5.41) is 3.18. The summed E-state index contributed by atoms with van der Waals surface area (Å²) in [6, 6.07) is 18.9. The van der Waals surface area contributed by atoms with E-state index < -0.39 is 5.60 Å². The van der Waals surface area contributed by atoms with Crippen molar-refractivity contribution in [1.29, 1.82) is 0 Å². The van der Waals surface area contributed by atoms with Crippen LogP contribution in [0.4, 0.5) is 0 Å². The fourth-order valence-electron chi connectivity index (χ4n) is 2.67. The SMILES string of the molecule is CN(C)N1C(=O)C(c2ccccc2)(c2ccccc2)OC1=S. The predicted octanol–water partition coefficient (Wildman–Crippen LogP) is 2.55. The van der Waals surface area contributed by atoms with E-state index >= 15 is 0 Å². The van der Waals surface area contributed by atoms with Gasteiger partial charge < -0.3 is 4.74 Å². The number of rotatable bonds is 3. The smallest absolute Gasteiger partial charge is 0.298 e. The molecule has 22 heavy (non-hydrogen) atoms. The van der Waals surface area contributed by atoms with E-state index in [0.29, 0.717) is 0 Å². The van der Waals surface area contributed by atoms with E-state index in [2.05, 4.69) is 0 Å². The van der Waals surface area contributed by atoms with E-state index in [4.69, 9.17) is 17.0 Å². The lowest BCUT2D eigenvalue weighted by Gasteiger charge is -2.27. The van der Waals surface area contributed by atoms with E-state index in [0.717, 1.165) is 11.1 Å². The molecule has 0 saturated carbocycles. The minimum Gasteiger partial charge on any atom is -0.443 e. The zero-order chi connectivity index (χ0) is 15.7. The number of thiocarbonyl (C=S) groups is 1. The highest BCUT2D eigenvalue weighted by molar-refractivity contribution is 7.80. The Morgan fingerprint density at radius 2 is 1.41 bits per heavy atom. The van der Waals surface area contributed by atoms with Crippen molar-refractivity contribution >= 4 is 23.3 Å². The molecule has 1 aliphatic rings. The first kappa shape index (κ1) is 14.7. The summed E-state index contributed by atoms with van der Waals surface area (Å²) in [7, 11) is 3.53. The second-order valence-electron chi connectivity index (χ2n) is 5.25. The molecule has 5 heteroatoms. The van der Waals surface area contributed by atoms with Crippen LogP contribution in [0.2, 0.25) is 0 Å². The van der Waals surface area contributed by atoms with Crippen molar-refractivity contribution in [2.45, 2.75) is 5.60 Å². The Morgan fingerprint density at radius 3 is 1.77 bits per heavy atom. The molecule has 0 bridgehead atoms. The minimum atomic E-state index is -1.23. The van der Waals surface area contributed by atoms with Crippen molar-refractivity contribution in [2.24, 2.45) is 0 Å². The second kappa shape index (κ2) is 5.51. The maximum Gasteiger partial charge on any atom is 0.298 e. The van der Waals surface area contributed by atoms with Crippen molar-refractivity contribution < 1.29 is 9.53 Å². The molecule has 2 aromatic carbocycles. The lowest BCUT2D eigenvalue weighted by atomic mass is 9.85. The normalized spacial score (nSPS) is 17.0. The Labute approximate surface area is 134 Å². The van der Waals surface area contributed by atoms with Gasteiger partial charge in [0.15, 0.2) is 0 Å². The van der Waals surface area contributed by atoms with Gasteiger partial charge in [0.05, 0.1) is 0 Å². The number of amides is 1. The third-order valence-electron chi connectivity index (χ3n) is 3.67. The third kappa shape index (κ3) is 2.10. The summed E-state index contributed by atoms with van der Waals surface area (Å²) in [4.78, 5) is 13.2. The molecule has 112 valence electrons. The van der Waals surface area contributed by atoms with Crippen LogP contribution in [0.1, 0.15) is 11.1 Å². The molecule has 0 atom stereocenters. The van der Waals surface area contributed by atoms with Crippen LogP contribution in [0.3, 0.4) is 0 Å². The molecule has 1 aliphatic heterocycles. The summed E-state index contributed by atoms with van der Waals surface area (Å²) in [6.07, 6.45) is 0. The Bertz CT molecular complexity index is 662. The lowest BCUT2D eigenvalue weighted by Crippen LogP contribution is -2.45. The molecule has 0 unspecified atom stereocenters. The molecule has 4 nitrogen and oxygen atoms in total. The van der Waals surface area contributed by atoms with Crippen LogP contribution in [0.15, 0.2) is 60.7 Å². The summed E-state index contributed by atoms with van der Waals surface area (Å²) in [5.74, 6) is -0.208. The second-order valence-corrected chi connectivity index (χ2v) is 5.59. The standard InChI is InChI=1S/C17H16N2O2S/c1-18(2)19-15(20)17(21-16(19)22,13-9-5-3-6-10-13)14-11-7-4-8-12-14/h3-12H,1-2H3. The van der Waals surface area contributed by atoms with Crippen molar-refractivity contribution in [3.05, 3.63) is 71.8 Å². The monoisotopic (exact) mass is 312 g/mol. The van der Waals surface area contributed by atoms with Crippen molar-refractivity contribution in [2.75, 3.05) is 14.1 Å². The van der Waals surface area contributed by atoms with E-state index in [1.807, 2.05) is 60.7 Å². The zero-order valence-electron chi connectivity index (χ0n) is 12.4. The summed E-state index contributed by atoms with van der Waals surface area (Å²) >= 11 is 5.28. The third-order valence-corrected chi connectivity index (χ3v) is 3.92. The number of hydrogen-bond donors (Lipinski definition) is 0. The van der Waals surface area contributed by atoms with Crippen LogP contribution >= 0.6 is 12.2 Å². The molecular weight excluding hydrogens is 296 g/mol. The first-order valence-electron chi connectivity index (χ1n) is 6.93. The van der Waals surface area contributed by atoms with Crippen LogP contribution < -0.4 is 0 Å². The molecule has 1 amide bonds. The number of carbonyl (C=O) groups is 1. The van der Waals surface area contributed by atoms with Crippen LogP contribution in [-0.2, 0) is 15.1 Å². The van der Waals surface area contributed by atoms with Crippen LogP contribution in [0.25, 0.3) is 0 Å². The largest absolute Gasteiger partial charge is 0.443 e. The highest BCUT2D eigenvalue weighted by Gasteiger charge is 2.55. The van der Waals surface area contributed by atoms with Crippen molar-refractivity contribution in [3.63, 3.8) is 0 Å². The molecular formula is C17H16N2O2S. The molecule has 0 radical (unpaired) electrons. The van der Waals surface area contributed by atoms with E-state index in [9.17, 15) is 4.79 Å². The van der Waals surface area contributed by atoms with E-state index in [-0.39, 0.29) is 11.1 Å². The van der Waals surface area contributed by atoms with Gasteiger partial charge in [-0.3, -0.25) is 4.79 Å². The highest BCUT2D eigenvalue weighted by Crippen LogP contribution is 2.40. The molecule has 0 aliphatic carbocycles. The molecule has 1 heterocycles. The number of ether oxygens (including phenoxy) is 1. The predicted molar refractivity (Wildman–Crippen MR) is 87.9 cm³/mol. The zero-order valence-corrected chi connectivity index (χ0v) is 13.2. The average molecular weight is 312 g/mol. The fourth-order valence-corrected chi connectivity index (χ4v) is 3.04. The van der Waals surface area contributed by atoms with Gasteiger partial charge in [-0.2, -0.15) is 5.01 Å². The number of hydrogen-bond acceptors (Lipinski definition) is 4. The van der Waals surface area contributed by atoms with Crippen LogP contribution in [0.5, 0.6) is 0 Å². The Balaban J connectivity index is 2.23. The van der Waals surface area contributed by atoms with Crippen LogP contribution in [0, 0.1) is 0 Å². The molecule has 2 aromatic rings. The summed E-state index contributed by atoms with van der Waals surface area (Å²) in [5.41, 5.74) is 0.292. The first-order valence-corrected chi connectivity index (χ1v) is 7.34. The van der Waals surface area contributed by atoms with Gasteiger partial charge in [0, 0.05) is 25.2 Å². The van der Waals surface area contributed by atoms with E-state index in [1.165, 1.54) is 5.01 Å². The van der Waals surface area contributed by atoms with Gasteiger partial charge in [-0.15, -0.1) is 0 Å². The number of carbonyl (C=O) groups excluding carboxylic acids is 1. The molecule has 1 saturated heterocycles. The van der Waals surface area contributed by atoms with Gasteiger partial charge in [-0.25, -0.2) is 5.01 Å². The Kier molecular flexibility index (Phi) is 3.68. The number of nitrogens with zero attached hydrogens (tertiary/aromatic N) is 2. The quantitative estimate of drug-likeness (QED) is 0.816. The summed E-state index contributed by atoms with van der Waals surface area (Å²) in [6.45, 7) is 0. The minimum absolute atomic E-state index is 0.155.